The van der Waals surface area contributed by atoms with Crippen LogP contribution in [0.2, 0.25) is 0 Å². The highest BCUT2D eigenvalue weighted by molar-refractivity contribution is 5.78. The van der Waals surface area contributed by atoms with Crippen LogP contribution in [0.5, 0.6) is 0 Å². The average molecular weight is 290 g/mol. The first kappa shape index (κ1) is 14.8. The minimum absolute atomic E-state index is 0.116. The number of benzene rings is 1. The van der Waals surface area contributed by atoms with Crippen molar-refractivity contribution >= 4 is 11.5 Å². The van der Waals surface area contributed by atoms with Gasteiger partial charge in [-0.2, -0.15) is 0 Å². The number of hydrogen-bond donors (Lipinski definition) is 1. The molecule has 0 bridgehead atoms. The van der Waals surface area contributed by atoms with Crippen LogP contribution >= 0.6 is 0 Å². The minimum atomic E-state index is -0.544. The summed E-state index contributed by atoms with van der Waals surface area (Å²) in [5.74, 6) is -0.279. The molecule has 0 atom stereocenters. The molecule has 110 valence electrons. The van der Waals surface area contributed by atoms with Crippen molar-refractivity contribution in [1.29, 1.82) is 0 Å². The van der Waals surface area contributed by atoms with Gasteiger partial charge in [0.25, 0.3) is 0 Å². The van der Waals surface area contributed by atoms with Crippen LogP contribution in [0.25, 0.3) is 11.3 Å². The van der Waals surface area contributed by atoms with Crippen molar-refractivity contribution in [3.8, 4) is 11.3 Å². The molecular weight excluding hydrogens is 275 g/mol. The number of nitro groups is 1. The first-order valence-electron chi connectivity index (χ1n) is 6.55. The Morgan fingerprint density at radius 2 is 2.14 bits per heavy atom. The molecule has 0 spiro atoms. The monoisotopic (exact) mass is 290 g/mol. The maximum atomic E-state index is 13.7. The molecule has 0 amide bonds. The summed E-state index contributed by atoms with van der Waals surface area (Å²) in [5, 5.41) is 14.3. The van der Waals surface area contributed by atoms with Gasteiger partial charge in [0.15, 0.2) is 5.69 Å². The Kier molecular flexibility index (Phi) is 4.42. The van der Waals surface area contributed by atoms with Crippen molar-refractivity contribution in [3.63, 3.8) is 0 Å². The van der Waals surface area contributed by atoms with Gasteiger partial charge in [0, 0.05) is 12.1 Å². The highest BCUT2D eigenvalue weighted by Crippen LogP contribution is 2.34. The van der Waals surface area contributed by atoms with E-state index in [4.69, 9.17) is 0 Å². The molecular formula is C14H15FN4O2. The Balaban J connectivity index is 2.63. The van der Waals surface area contributed by atoms with Gasteiger partial charge in [0.1, 0.15) is 12.1 Å². The van der Waals surface area contributed by atoms with Crippen LogP contribution in [-0.4, -0.2) is 21.4 Å². The number of aromatic nitrogens is 2. The van der Waals surface area contributed by atoms with E-state index in [0.29, 0.717) is 17.7 Å². The lowest BCUT2D eigenvalue weighted by Crippen LogP contribution is -2.08. The molecule has 0 unspecified atom stereocenters. The van der Waals surface area contributed by atoms with Gasteiger partial charge in [-0.05, 0) is 25.0 Å². The van der Waals surface area contributed by atoms with Crippen LogP contribution in [0.4, 0.5) is 15.9 Å². The third kappa shape index (κ3) is 2.96. The lowest BCUT2D eigenvalue weighted by Gasteiger charge is -2.10. The maximum absolute atomic E-state index is 13.7. The number of nitrogens with one attached hydrogen (secondary N) is 1. The van der Waals surface area contributed by atoms with Gasteiger partial charge in [-0.1, -0.05) is 19.1 Å². The summed E-state index contributed by atoms with van der Waals surface area (Å²) >= 11 is 0. The van der Waals surface area contributed by atoms with E-state index >= 15 is 0 Å². The van der Waals surface area contributed by atoms with E-state index in [1.165, 1.54) is 18.5 Å². The summed E-state index contributed by atoms with van der Waals surface area (Å²) in [6, 6.07) is 4.42. The van der Waals surface area contributed by atoms with Gasteiger partial charge in [-0.3, -0.25) is 10.1 Å². The molecule has 0 radical (unpaired) electrons. The van der Waals surface area contributed by atoms with Crippen molar-refractivity contribution < 1.29 is 9.31 Å². The Hall–Kier alpha value is -2.57. The zero-order chi connectivity index (χ0) is 15.4. The lowest BCUT2D eigenvalue weighted by atomic mass is 10.0. The first-order chi connectivity index (χ1) is 10.1. The maximum Gasteiger partial charge on any atom is 0.337 e. The molecule has 0 aliphatic heterocycles. The third-order valence-corrected chi connectivity index (χ3v) is 3.07. The van der Waals surface area contributed by atoms with Crippen LogP contribution in [0, 0.1) is 22.9 Å². The normalized spacial score (nSPS) is 10.4. The highest BCUT2D eigenvalue weighted by atomic mass is 19.1. The van der Waals surface area contributed by atoms with E-state index in [1.807, 2.05) is 6.92 Å². The molecule has 2 aromatic rings. The fourth-order valence-corrected chi connectivity index (χ4v) is 1.99. The molecule has 0 saturated carbocycles. The van der Waals surface area contributed by atoms with E-state index in [0.717, 1.165) is 6.42 Å². The van der Waals surface area contributed by atoms with Gasteiger partial charge in [0.2, 0.25) is 5.82 Å². The Labute approximate surface area is 121 Å². The SMILES string of the molecule is CCCNc1ncnc(-c2cccc(F)c2C)c1[N+](=O)[O-]. The van der Waals surface area contributed by atoms with E-state index in [-0.39, 0.29) is 17.2 Å². The quantitative estimate of drug-likeness (QED) is 0.674. The summed E-state index contributed by atoms with van der Waals surface area (Å²) < 4.78 is 13.7. The van der Waals surface area contributed by atoms with Crippen LogP contribution in [0.3, 0.4) is 0 Å². The van der Waals surface area contributed by atoms with Crippen molar-refractivity contribution in [1.82, 2.24) is 9.97 Å². The highest BCUT2D eigenvalue weighted by Gasteiger charge is 2.25. The number of nitrogens with zero attached hydrogens (tertiary/aromatic N) is 3. The molecule has 1 aromatic heterocycles. The molecule has 1 N–H and O–H groups in total. The number of anilines is 1. The molecule has 0 saturated heterocycles. The summed E-state index contributed by atoms with van der Waals surface area (Å²) in [5.41, 5.74) is 0.592. The van der Waals surface area contributed by atoms with Gasteiger partial charge in [0.05, 0.1) is 4.92 Å². The molecule has 2 rings (SSSR count). The van der Waals surface area contributed by atoms with Gasteiger partial charge >= 0.3 is 5.69 Å². The van der Waals surface area contributed by atoms with Crippen LogP contribution in [0.1, 0.15) is 18.9 Å². The number of halogens is 1. The molecule has 0 fully saturated rings. The van der Waals surface area contributed by atoms with Crippen LogP contribution in [0.15, 0.2) is 24.5 Å². The summed E-state index contributed by atoms with van der Waals surface area (Å²) in [6.07, 6.45) is 2.04. The van der Waals surface area contributed by atoms with Gasteiger partial charge in [-0.25, -0.2) is 14.4 Å². The summed E-state index contributed by atoms with van der Waals surface area (Å²) in [4.78, 5) is 18.7. The first-order valence-corrected chi connectivity index (χ1v) is 6.55. The molecule has 1 heterocycles. The number of rotatable bonds is 5. The average Bonchev–Trinajstić information content (AvgIpc) is 2.47. The summed E-state index contributed by atoms with van der Waals surface area (Å²) in [6.45, 7) is 4.06. The Morgan fingerprint density at radius 3 is 2.81 bits per heavy atom. The smallest absolute Gasteiger partial charge is 0.337 e. The van der Waals surface area contributed by atoms with Crippen LogP contribution in [-0.2, 0) is 0 Å². The zero-order valence-electron chi connectivity index (χ0n) is 11.8. The van der Waals surface area contributed by atoms with E-state index in [1.54, 1.807) is 13.0 Å². The van der Waals surface area contributed by atoms with E-state index in [2.05, 4.69) is 15.3 Å². The van der Waals surface area contributed by atoms with Crippen molar-refractivity contribution in [2.75, 3.05) is 11.9 Å². The van der Waals surface area contributed by atoms with Crippen LogP contribution < -0.4 is 5.32 Å². The van der Waals surface area contributed by atoms with Crippen molar-refractivity contribution in [2.45, 2.75) is 20.3 Å². The second-order valence-corrected chi connectivity index (χ2v) is 4.52. The second-order valence-electron chi connectivity index (χ2n) is 4.52. The summed E-state index contributed by atoms with van der Waals surface area (Å²) in [7, 11) is 0. The fourth-order valence-electron chi connectivity index (χ4n) is 1.99. The molecule has 7 heteroatoms. The third-order valence-electron chi connectivity index (χ3n) is 3.07. The van der Waals surface area contributed by atoms with Crippen molar-refractivity contribution in [3.05, 3.63) is 46.0 Å². The van der Waals surface area contributed by atoms with Gasteiger partial charge in [-0.15, -0.1) is 0 Å². The Morgan fingerprint density at radius 1 is 1.38 bits per heavy atom. The van der Waals surface area contributed by atoms with Gasteiger partial charge < -0.3 is 5.32 Å². The predicted octanol–water partition coefficient (Wildman–Crippen LogP) is 3.32. The molecule has 21 heavy (non-hydrogen) atoms. The zero-order valence-corrected chi connectivity index (χ0v) is 11.8. The van der Waals surface area contributed by atoms with E-state index < -0.39 is 10.7 Å². The number of hydrogen-bond acceptors (Lipinski definition) is 5. The predicted molar refractivity (Wildman–Crippen MR) is 77.6 cm³/mol. The topological polar surface area (TPSA) is 81.0 Å². The largest absolute Gasteiger partial charge is 0.364 e. The van der Waals surface area contributed by atoms with Crippen molar-refractivity contribution in [2.24, 2.45) is 0 Å². The van der Waals surface area contributed by atoms with E-state index in [9.17, 15) is 14.5 Å². The molecule has 0 aliphatic rings. The lowest BCUT2D eigenvalue weighted by molar-refractivity contribution is -0.383. The minimum Gasteiger partial charge on any atom is -0.364 e. The molecule has 0 aliphatic carbocycles. The Bertz CT molecular complexity index is 676. The molecule has 6 nitrogen and oxygen atoms in total. The fraction of sp³-hybridized carbons (Fsp3) is 0.286. The second kappa shape index (κ2) is 6.25. The molecule has 1 aromatic carbocycles. The standard InChI is InChI=1S/C14H15FN4O2/c1-3-7-16-14-13(19(20)21)12(17-8-18-14)10-5-4-6-11(15)9(10)2/h4-6,8H,3,7H2,1-2H3,(H,16,17,18).